The fourth-order valence-corrected chi connectivity index (χ4v) is 9.17. The van der Waals surface area contributed by atoms with E-state index in [2.05, 4.69) is 15.0 Å². The van der Waals surface area contributed by atoms with Crippen molar-refractivity contribution in [1.29, 1.82) is 0 Å². The summed E-state index contributed by atoms with van der Waals surface area (Å²) >= 11 is 4.05. The molecular formula is C42H46F3N9O2S3. The van der Waals surface area contributed by atoms with Crippen molar-refractivity contribution in [3.05, 3.63) is 163 Å². The summed E-state index contributed by atoms with van der Waals surface area (Å²) in [5.41, 5.74) is 29.1. The van der Waals surface area contributed by atoms with E-state index >= 15 is 0 Å². The fraction of sp³-hybridized carbons (Fsp3) is 0.214. The van der Waals surface area contributed by atoms with Gasteiger partial charge in [0.15, 0.2) is 15.5 Å². The van der Waals surface area contributed by atoms with Crippen LogP contribution in [0.4, 0.5) is 30.2 Å². The van der Waals surface area contributed by atoms with E-state index in [4.69, 9.17) is 28.7 Å². The molecular weight excluding hydrogens is 816 g/mol. The predicted octanol–water partition coefficient (Wildman–Crippen LogP) is 9.86. The molecule has 59 heavy (non-hydrogen) atoms. The van der Waals surface area contributed by atoms with Crippen LogP contribution in [0.25, 0.3) is 4.91 Å². The van der Waals surface area contributed by atoms with Gasteiger partial charge in [0.2, 0.25) is 0 Å². The second-order valence-electron chi connectivity index (χ2n) is 13.9. The lowest BCUT2D eigenvalue weighted by Gasteiger charge is -2.28. The maximum absolute atomic E-state index is 14.3. The van der Waals surface area contributed by atoms with E-state index in [0.29, 0.717) is 38.0 Å². The summed E-state index contributed by atoms with van der Waals surface area (Å²) in [7, 11) is 0. The first-order chi connectivity index (χ1) is 27.2. The number of hydrogen-bond donors (Lipinski definition) is 5. The summed E-state index contributed by atoms with van der Waals surface area (Å²) in [6.45, 7) is 9.08. The Morgan fingerprint density at radius 3 is 1.39 bits per heavy atom. The van der Waals surface area contributed by atoms with Gasteiger partial charge in [-0.2, -0.15) is 0 Å². The third kappa shape index (κ3) is 11.1. The van der Waals surface area contributed by atoms with Crippen molar-refractivity contribution < 1.29 is 18.1 Å². The standard InChI is InChI=1S/C17H16FN3S.C12H12FN3O2S.C12H14FN3S.CH4/c1-17(13-9-12(19)7-8-14(13)18)10-15(22-16(20)21-17)11-5-3-2-4-6-11;1-7-6-12(2,15-11(14)19-7)9-5-8(16(17)18)3-4-10(9)13;1-7-6-12(2,16-11(15)17-7)9-5-8(14)3-4-10(9)13;/h2-10H,19H2,1H3,(H2,20,21);3-6H,1-2H3,(H2,14,15);3-6H,14H2,1-2H3,(H2,15,16);1H4. The molecule has 3 aliphatic heterocycles. The van der Waals surface area contributed by atoms with Gasteiger partial charge in [-0.3, -0.25) is 10.1 Å². The Morgan fingerprint density at radius 2 is 0.966 bits per heavy atom. The number of allylic oxidation sites excluding steroid dienone is 2. The zero-order valence-electron chi connectivity index (χ0n) is 32.2. The molecule has 0 spiro atoms. The Hall–Kier alpha value is -5.65. The van der Waals surface area contributed by atoms with Crippen LogP contribution in [0.5, 0.6) is 0 Å². The Balaban J connectivity index is 0.000000196. The van der Waals surface area contributed by atoms with Crippen LogP contribution in [0.1, 0.15) is 64.3 Å². The number of thioether (sulfide) groups is 3. The number of nitro benzene ring substituents is 1. The minimum absolute atomic E-state index is 0. The van der Waals surface area contributed by atoms with Crippen molar-refractivity contribution in [1.82, 2.24) is 0 Å². The molecule has 0 bridgehead atoms. The summed E-state index contributed by atoms with van der Waals surface area (Å²) in [6.07, 6.45) is 5.57. The molecule has 3 heterocycles. The van der Waals surface area contributed by atoms with Crippen LogP contribution in [-0.2, 0) is 16.6 Å². The molecule has 7 rings (SSSR count). The molecule has 11 nitrogen and oxygen atoms in total. The number of anilines is 2. The van der Waals surface area contributed by atoms with Gasteiger partial charge in [-0.25, -0.2) is 28.1 Å². The maximum atomic E-state index is 14.3. The molecule has 310 valence electrons. The minimum Gasteiger partial charge on any atom is -0.399 e. The number of aliphatic imine (C=N–C) groups is 3. The summed E-state index contributed by atoms with van der Waals surface area (Å²) < 4.78 is 42.1. The largest absolute Gasteiger partial charge is 0.399 e. The molecule has 3 aliphatic rings. The first-order valence-corrected chi connectivity index (χ1v) is 20.0. The van der Waals surface area contributed by atoms with Gasteiger partial charge < -0.3 is 28.7 Å². The van der Waals surface area contributed by atoms with Crippen molar-refractivity contribution in [2.75, 3.05) is 11.5 Å². The number of hydrogen-bond acceptors (Lipinski definition) is 13. The lowest BCUT2D eigenvalue weighted by atomic mass is 9.90. The summed E-state index contributed by atoms with van der Waals surface area (Å²) in [4.78, 5) is 26.0. The average Bonchev–Trinajstić information content (AvgIpc) is 3.13. The molecule has 4 aromatic rings. The molecule has 10 N–H and O–H groups in total. The molecule has 17 heteroatoms. The molecule has 0 saturated carbocycles. The molecule has 0 aliphatic carbocycles. The van der Waals surface area contributed by atoms with Crippen LogP contribution in [0.2, 0.25) is 0 Å². The average molecular weight is 862 g/mol. The molecule has 0 aromatic heterocycles. The van der Waals surface area contributed by atoms with Gasteiger partial charge in [0, 0.05) is 45.1 Å². The Bertz CT molecular complexity index is 2400. The van der Waals surface area contributed by atoms with E-state index in [0.717, 1.165) is 32.4 Å². The fourth-order valence-electron chi connectivity index (χ4n) is 6.46. The zero-order chi connectivity index (χ0) is 42.6. The number of benzene rings is 4. The normalized spacial score (nSPS) is 22.2. The van der Waals surface area contributed by atoms with Gasteiger partial charge in [-0.1, -0.05) is 73.0 Å². The maximum Gasteiger partial charge on any atom is 0.270 e. The number of nitrogens with zero attached hydrogens (tertiary/aromatic N) is 4. The molecule has 0 saturated heterocycles. The number of nitro groups is 1. The van der Waals surface area contributed by atoms with Crippen molar-refractivity contribution in [2.45, 2.75) is 58.7 Å². The second-order valence-corrected chi connectivity index (χ2v) is 17.5. The number of nitrogens with two attached hydrogens (primary N) is 5. The Labute approximate surface area is 354 Å². The van der Waals surface area contributed by atoms with Crippen LogP contribution in [0, 0.1) is 27.6 Å². The van der Waals surface area contributed by atoms with E-state index in [1.807, 2.05) is 70.2 Å². The lowest BCUT2D eigenvalue weighted by molar-refractivity contribution is -0.385. The molecule has 3 atom stereocenters. The number of amidine groups is 3. The third-order valence-electron chi connectivity index (χ3n) is 8.99. The molecule has 0 fully saturated rings. The highest BCUT2D eigenvalue weighted by molar-refractivity contribution is 8.21. The van der Waals surface area contributed by atoms with E-state index < -0.39 is 27.4 Å². The first-order valence-electron chi connectivity index (χ1n) is 17.5. The van der Waals surface area contributed by atoms with Crippen LogP contribution in [0.15, 0.2) is 128 Å². The summed E-state index contributed by atoms with van der Waals surface area (Å²) in [5, 5.41) is 11.9. The van der Waals surface area contributed by atoms with Crippen LogP contribution in [0.3, 0.4) is 0 Å². The Kier molecular flexibility index (Phi) is 14.4. The van der Waals surface area contributed by atoms with Gasteiger partial charge in [-0.05, 0) is 111 Å². The predicted molar refractivity (Wildman–Crippen MR) is 243 cm³/mol. The smallest absolute Gasteiger partial charge is 0.270 e. The number of non-ortho nitro benzene ring substituents is 1. The van der Waals surface area contributed by atoms with Crippen molar-refractivity contribution in [3.8, 4) is 0 Å². The third-order valence-corrected chi connectivity index (χ3v) is 11.3. The van der Waals surface area contributed by atoms with E-state index in [1.54, 1.807) is 25.1 Å². The van der Waals surface area contributed by atoms with Crippen molar-refractivity contribution >= 4 is 72.8 Å². The minimum atomic E-state index is -1.02. The summed E-state index contributed by atoms with van der Waals surface area (Å²) in [6, 6.07) is 22.3. The topological polar surface area (TPSA) is 210 Å². The molecule has 3 unspecified atom stereocenters. The quantitative estimate of drug-likeness (QED) is 0.0728. The van der Waals surface area contributed by atoms with E-state index in [-0.39, 0.29) is 30.3 Å². The highest BCUT2D eigenvalue weighted by Gasteiger charge is 2.34. The van der Waals surface area contributed by atoms with E-state index in [9.17, 15) is 23.3 Å². The highest BCUT2D eigenvalue weighted by atomic mass is 32.2. The van der Waals surface area contributed by atoms with Crippen molar-refractivity contribution in [3.63, 3.8) is 0 Å². The zero-order valence-corrected chi connectivity index (χ0v) is 34.6. The molecule has 0 radical (unpaired) electrons. The first kappa shape index (κ1) is 46.0. The number of rotatable bonds is 5. The highest BCUT2D eigenvalue weighted by Crippen LogP contribution is 2.42. The van der Waals surface area contributed by atoms with Crippen LogP contribution < -0.4 is 28.7 Å². The number of halogens is 3. The van der Waals surface area contributed by atoms with Gasteiger partial charge in [0.05, 0.1) is 4.92 Å². The molecule has 0 amide bonds. The van der Waals surface area contributed by atoms with Crippen molar-refractivity contribution in [2.24, 2.45) is 32.2 Å². The van der Waals surface area contributed by atoms with Gasteiger partial charge >= 0.3 is 0 Å². The SMILES string of the molecule is C.CC1(c2cc(N)ccc2F)C=C(c2ccccc2)SC(N)=N1.CC1=CC(C)(c2cc(N)ccc2F)N=C(N)S1.CC1=CC(C)(c2cc([N+](=O)[O-])ccc2F)N=C(N)S1. The Morgan fingerprint density at radius 1 is 0.576 bits per heavy atom. The second kappa shape index (κ2) is 18.5. The van der Waals surface area contributed by atoms with Gasteiger partial charge in [-0.15, -0.1) is 0 Å². The monoisotopic (exact) mass is 861 g/mol. The van der Waals surface area contributed by atoms with Crippen LogP contribution >= 0.6 is 35.3 Å². The van der Waals surface area contributed by atoms with Crippen LogP contribution in [-0.4, -0.2) is 20.4 Å². The number of nitrogen functional groups attached to an aromatic ring is 2. The molecule has 4 aromatic carbocycles. The lowest BCUT2D eigenvalue weighted by Crippen LogP contribution is -2.26. The van der Waals surface area contributed by atoms with Gasteiger partial charge in [0.1, 0.15) is 34.1 Å². The summed E-state index contributed by atoms with van der Waals surface area (Å²) in [5.74, 6) is -1.21. The van der Waals surface area contributed by atoms with E-state index in [1.165, 1.54) is 65.6 Å². The van der Waals surface area contributed by atoms with Gasteiger partial charge in [0.25, 0.3) is 5.69 Å².